The highest BCUT2D eigenvalue weighted by Gasteiger charge is 2.30. The molecule has 17 heavy (non-hydrogen) atoms. The van der Waals surface area contributed by atoms with Crippen LogP contribution in [-0.4, -0.2) is 6.54 Å². The summed E-state index contributed by atoms with van der Waals surface area (Å²) in [6, 6.07) is 6.23. The van der Waals surface area contributed by atoms with E-state index in [9.17, 15) is 0 Å². The summed E-state index contributed by atoms with van der Waals surface area (Å²) in [5, 5.41) is 0. The van der Waals surface area contributed by atoms with E-state index in [1.54, 1.807) is 0 Å². The Hall–Kier alpha value is -1.54. The molecule has 2 rings (SSSR count). The molecule has 0 saturated carbocycles. The Bertz CT molecular complexity index is 486. The zero-order chi connectivity index (χ0) is 12.5. The number of anilines is 1. The predicted octanol–water partition coefficient (Wildman–Crippen LogP) is 2.68. The molecule has 2 nitrogen and oxygen atoms in total. The largest absolute Gasteiger partial charge is 0.398 e. The lowest BCUT2D eigenvalue weighted by molar-refractivity contribution is 0.549. The first kappa shape index (κ1) is 11.9. The maximum Gasteiger partial charge on any atom is 0.0358 e. The van der Waals surface area contributed by atoms with Crippen molar-refractivity contribution in [1.82, 2.24) is 0 Å². The second kappa shape index (κ2) is 4.38. The maximum atomic E-state index is 6.14. The van der Waals surface area contributed by atoms with Gasteiger partial charge in [0.25, 0.3) is 0 Å². The standard InChI is InChI=1S/C15H20N2/c1-11-5-7-15(10-16,8-6-11)13-4-3-12(2)9-14(13)17/h3-7,9H,8,10,16-17H2,1-2H3. The maximum absolute atomic E-state index is 6.14. The predicted molar refractivity (Wildman–Crippen MR) is 73.8 cm³/mol. The van der Waals surface area contributed by atoms with Gasteiger partial charge in [-0.25, -0.2) is 0 Å². The van der Waals surface area contributed by atoms with E-state index in [4.69, 9.17) is 11.5 Å². The zero-order valence-electron chi connectivity index (χ0n) is 10.5. The van der Waals surface area contributed by atoms with Gasteiger partial charge in [0, 0.05) is 17.6 Å². The minimum atomic E-state index is -0.128. The molecule has 1 atom stereocenters. The van der Waals surface area contributed by atoms with Crippen molar-refractivity contribution in [2.24, 2.45) is 5.73 Å². The van der Waals surface area contributed by atoms with E-state index >= 15 is 0 Å². The zero-order valence-corrected chi connectivity index (χ0v) is 10.5. The van der Waals surface area contributed by atoms with Gasteiger partial charge in [-0.1, -0.05) is 35.9 Å². The summed E-state index contributed by atoms with van der Waals surface area (Å²) in [7, 11) is 0. The molecule has 0 aliphatic heterocycles. The Labute approximate surface area is 103 Å². The van der Waals surface area contributed by atoms with Crippen molar-refractivity contribution < 1.29 is 0 Å². The lowest BCUT2D eigenvalue weighted by Gasteiger charge is -2.32. The second-order valence-electron chi connectivity index (χ2n) is 4.94. The van der Waals surface area contributed by atoms with Gasteiger partial charge in [-0.15, -0.1) is 0 Å². The summed E-state index contributed by atoms with van der Waals surface area (Å²) < 4.78 is 0. The highest BCUT2D eigenvalue weighted by atomic mass is 14.6. The Kier molecular flexibility index (Phi) is 3.07. The minimum absolute atomic E-state index is 0.128. The first-order valence-corrected chi connectivity index (χ1v) is 6.00. The summed E-state index contributed by atoms with van der Waals surface area (Å²) in [5.41, 5.74) is 16.5. The summed E-state index contributed by atoms with van der Waals surface area (Å²) >= 11 is 0. The van der Waals surface area contributed by atoms with E-state index in [0.29, 0.717) is 6.54 Å². The SMILES string of the molecule is CC1=CCC(CN)(c2ccc(C)cc2N)C=C1. The van der Waals surface area contributed by atoms with Crippen LogP contribution in [0.2, 0.25) is 0 Å². The molecular formula is C15H20N2. The van der Waals surface area contributed by atoms with Gasteiger partial charge in [0.05, 0.1) is 0 Å². The molecule has 0 fully saturated rings. The molecule has 90 valence electrons. The van der Waals surface area contributed by atoms with Crippen molar-refractivity contribution >= 4 is 5.69 Å². The van der Waals surface area contributed by atoms with Gasteiger partial charge in [-0.05, 0) is 37.5 Å². The number of benzene rings is 1. The van der Waals surface area contributed by atoms with Gasteiger partial charge < -0.3 is 11.5 Å². The monoisotopic (exact) mass is 228 g/mol. The molecule has 0 saturated heterocycles. The topological polar surface area (TPSA) is 52.0 Å². The molecular weight excluding hydrogens is 208 g/mol. The fraction of sp³-hybridized carbons (Fsp3) is 0.333. The summed E-state index contributed by atoms with van der Waals surface area (Å²) in [4.78, 5) is 0. The minimum Gasteiger partial charge on any atom is -0.398 e. The average molecular weight is 228 g/mol. The summed E-state index contributed by atoms with van der Waals surface area (Å²) in [5.74, 6) is 0. The summed E-state index contributed by atoms with van der Waals surface area (Å²) in [6.07, 6.45) is 7.49. The molecule has 0 radical (unpaired) electrons. The van der Waals surface area contributed by atoms with E-state index in [-0.39, 0.29) is 5.41 Å². The van der Waals surface area contributed by atoms with E-state index in [2.05, 4.69) is 44.2 Å². The molecule has 0 amide bonds. The third-order valence-electron chi connectivity index (χ3n) is 3.56. The van der Waals surface area contributed by atoms with Gasteiger partial charge in [0.15, 0.2) is 0 Å². The van der Waals surface area contributed by atoms with Crippen LogP contribution in [0.1, 0.15) is 24.5 Å². The summed E-state index contributed by atoms with van der Waals surface area (Å²) in [6.45, 7) is 4.74. The molecule has 1 aliphatic rings. The van der Waals surface area contributed by atoms with Crippen molar-refractivity contribution in [3.63, 3.8) is 0 Å². The third kappa shape index (κ3) is 2.13. The Morgan fingerprint density at radius 1 is 1.29 bits per heavy atom. The lowest BCUT2D eigenvalue weighted by Crippen LogP contribution is -2.34. The van der Waals surface area contributed by atoms with Crippen molar-refractivity contribution in [2.75, 3.05) is 12.3 Å². The van der Waals surface area contributed by atoms with Crippen LogP contribution in [0.5, 0.6) is 0 Å². The normalized spacial score (nSPS) is 23.6. The van der Waals surface area contributed by atoms with E-state index in [0.717, 1.165) is 17.7 Å². The highest BCUT2D eigenvalue weighted by Crippen LogP contribution is 2.36. The van der Waals surface area contributed by atoms with E-state index < -0.39 is 0 Å². The Morgan fingerprint density at radius 3 is 2.59 bits per heavy atom. The van der Waals surface area contributed by atoms with E-state index in [1.807, 2.05) is 6.07 Å². The number of hydrogen-bond acceptors (Lipinski definition) is 2. The number of nitrogens with two attached hydrogens (primary N) is 2. The number of hydrogen-bond donors (Lipinski definition) is 2. The second-order valence-corrected chi connectivity index (χ2v) is 4.94. The van der Waals surface area contributed by atoms with Gasteiger partial charge in [-0.2, -0.15) is 0 Å². The highest BCUT2D eigenvalue weighted by molar-refractivity contribution is 5.56. The average Bonchev–Trinajstić information content (AvgIpc) is 2.31. The first-order chi connectivity index (χ1) is 8.07. The Morgan fingerprint density at radius 2 is 2.06 bits per heavy atom. The van der Waals surface area contributed by atoms with Gasteiger partial charge in [0.1, 0.15) is 0 Å². The quantitative estimate of drug-likeness (QED) is 0.765. The van der Waals surface area contributed by atoms with Crippen LogP contribution in [0.25, 0.3) is 0 Å². The van der Waals surface area contributed by atoms with Crippen LogP contribution in [0.3, 0.4) is 0 Å². The van der Waals surface area contributed by atoms with Crippen LogP contribution in [-0.2, 0) is 5.41 Å². The van der Waals surface area contributed by atoms with Crippen LogP contribution in [0.4, 0.5) is 5.69 Å². The Balaban J connectivity index is 2.46. The molecule has 0 aromatic heterocycles. The van der Waals surface area contributed by atoms with Gasteiger partial charge in [0.2, 0.25) is 0 Å². The number of nitrogen functional groups attached to an aromatic ring is 1. The van der Waals surface area contributed by atoms with Gasteiger partial charge >= 0.3 is 0 Å². The van der Waals surface area contributed by atoms with Crippen molar-refractivity contribution in [1.29, 1.82) is 0 Å². The van der Waals surface area contributed by atoms with Gasteiger partial charge in [-0.3, -0.25) is 0 Å². The molecule has 0 spiro atoms. The van der Waals surface area contributed by atoms with Crippen molar-refractivity contribution in [3.05, 3.63) is 53.1 Å². The molecule has 0 heterocycles. The van der Waals surface area contributed by atoms with Crippen LogP contribution in [0, 0.1) is 6.92 Å². The molecule has 1 unspecified atom stereocenters. The molecule has 0 bridgehead atoms. The number of rotatable bonds is 2. The molecule has 4 N–H and O–H groups in total. The van der Waals surface area contributed by atoms with Crippen LogP contribution < -0.4 is 11.5 Å². The fourth-order valence-electron chi connectivity index (χ4n) is 2.37. The first-order valence-electron chi connectivity index (χ1n) is 6.00. The molecule has 1 aromatic carbocycles. The third-order valence-corrected chi connectivity index (χ3v) is 3.56. The van der Waals surface area contributed by atoms with Crippen molar-refractivity contribution in [2.45, 2.75) is 25.7 Å². The number of aryl methyl sites for hydroxylation is 1. The van der Waals surface area contributed by atoms with E-state index in [1.165, 1.54) is 11.1 Å². The molecule has 1 aromatic rings. The van der Waals surface area contributed by atoms with Crippen LogP contribution >= 0.6 is 0 Å². The number of allylic oxidation sites excluding steroid dienone is 3. The van der Waals surface area contributed by atoms with Crippen LogP contribution in [0.15, 0.2) is 42.0 Å². The lowest BCUT2D eigenvalue weighted by atomic mass is 9.73. The fourth-order valence-corrected chi connectivity index (χ4v) is 2.37. The molecule has 2 heteroatoms. The molecule has 1 aliphatic carbocycles. The smallest absolute Gasteiger partial charge is 0.0358 e. The van der Waals surface area contributed by atoms with Crippen molar-refractivity contribution in [3.8, 4) is 0 Å².